The number of hydrogen-bond donors (Lipinski definition) is 2. The van der Waals surface area contributed by atoms with Gasteiger partial charge in [-0.05, 0) is 43.3 Å². The number of aromatic nitrogens is 1. The number of ether oxygens (including phenoxy) is 1. The molecule has 3 rings (SSSR count). The third-order valence-electron chi connectivity index (χ3n) is 4.25. The smallest absolute Gasteiger partial charge is 0.253 e. The summed E-state index contributed by atoms with van der Waals surface area (Å²) in [6.45, 7) is 1.85. The molecule has 27 heavy (non-hydrogen) atoms. The van der Waals surface area contributed by atoms with Gasteiger partial charge in [0.1, 0.15) is 10.6 Å². The van der Waals surface area contributed by atoms with Crippen molar-refractivity contribution < 1.29 is 13.2 Å². The molecule has 2 aromatic carbocycles. The van der Waals surface area contributed by atoms with Gasteiger partial charge in [0.25, 0.3) is 5.56 Å². The van der Waals surface area contributed by atoms with E-state index in [4.69, 9.17) is 16.3 Å². The lowest BCUT2D eigenvalue weighted by molar-refractivity contribution is 0.403. The molecule has 8 heteroatoms. The molecule has 142 valence electrons. The Morgan fingerprint density at radius 2 is 1.89 bits per heavy atom. The monoisotopic (exact) mass is 406 g/mol. The van der Waals surface area contributed by atoms with Crippen molar-refractivity contribution in [1.82, 2.24) is 4.98 Å². The van der Waals surface area contributed by atoms with Gasteiger partial charge in [-0.25, -0.2) is 8.42 Å². The number of anilines is 1. The van der Waals surface area contributed by atoms with Crippen molar-refractivity contribution in [2.75, 3.05) is 18.7 Å². The third-order valence-corrected chi connectivity index (χ3v) is 5.62. The molecule has 1 unspecified atom stereocenters. The molecule has 3 aromatic rings. The van der Waals surface area contributed by atoms with Crippen molar-refractivity contribution in [3.8, 4) is 5.75 Å². The lowest BCUT2D eigenvalue weighted by Gasteiger charge is -2.17. The molecule has 0 aliphatic rings. The molecule has 0 spiro atoms. The van der Waals surface area contributed by atoms with Gasteiger partial charge in [0.15, 0.2) is 9.84 Å². The van der Waals surface area contributed by atoms with Gasteiger partial charge < -0.3 is 15.0 Å². The van der Waals surface area contributed by atoms with Crippen molar-refractivity contribution >= 4 is 38.0 Å². The molecule has 1 aromatic heterocycles. The summed E-state index contributed by atoms with van der Waals surface area (Å²) in [6.07, 6.45) is 1.13. The van der Waals surface area contributed by atoms with Crippen LogP contribution in [-0.4, -0.2) is 26.8 Å². The van der Waals surface area contributed by atoms with Crippen LogP contribution in [0.2, 0.25) is 5.02 Å². The van der Waals surface area contributed by atoms with Crippen LogP contribution in [-0.2, 0) is 9.84 Å². The van der Waals surface area contributed by atoms with Gasteiger partial charge in [0.05, 0.1) is 13.2 Å². The molecule has 6 nitrogen and oxygen atoms in total. The van der Waals surface area contributed by atoms with Crippen LogP contribution >= 0.6 is 11.6 Å². The number of halogens is 1. The Labute approximate surface area is 162 Å². The Balaban J connectivity index is 1.96. The Morgan fingerprint density at radius 1 is 1.15 bits per heavy atom. The molecule has 1 heterocycles. The summed E-state index contributed by atoms with van der Waals surface area (Å²) in [7, 11) is -1.99. The van der Waals surface area contributed by atoms with E-state index in [-0.39, 0.29) is 22.2 Å². The van der Waals surface area contributed by atoms with Crippen LogP contribution in [0.3, 0.4) is 0 Å². The minimum atomic E-state index is -3.40. The summed E-state index contributed by atoms with van der Waals surface area (Å²) in [4.78, 5) is 15.4. The number of nitrogens with one attached hydrogen (secondary N) is 2. The van der Waals surface area contributed by atoms with Gasteiger partial charge in [-0.2, -0.15) is 0 Å². The predicted octanol–water partition coefficient (Wildman–Crippen LogP) is 3.77. The number of pyridine rings is 1. The Kier molecular flexibility index (Phi) is 5.17. The van der Waals surface area contributed by atoms with Crippen LogP contribution in [0, 0.1) is 0 Å². The Hall–Kier alpha value is -2.51. The first-order chi connectivity index (χ1) is 12.7. The molecule has 0 bridgehead atoms. The van der Waals surface area contributed by atoms with Gasteiger partial charge >= 0.3 is 0 Å². The largest absolute Gasteiger partial charge is 0.495 e. The van der Waals surface area contributed by atoms with E-state index in [2.05, 4.69) is 10.3 Å². The number of fused-ring (bicyclic) bond motifs is 1. The van der Waals surface area contributed by atoms with Crippen LogP contribution in [0.25, 0.3) is 10.9 Å². The zero-order chi connectivity index (χ0) is 19.8. The van der Waals surface area contributed by atoms with Gasteiger partial charge in [-0.15, -0.1) is 0 Å². The first-order valence-electron chi connectivity index (χ1n) is 8.16. The summed E-state index contributed by atoms with van der Waals surface area (Å²) < 4.78 is 28.8. The lowest BCUT2D eigenvalue weighted by Crippen LogP contribution is -2.19. The van der Waals surface area contributed by atoms with Crippen LogP contribution in [0.15, 0.2) is 52.2 Å². The number of methoxy groups -OCH3 is 1. The average molecular weight is 407 g/mol. The number of H-pyrrole nitrogens is 1. The molecular formula is C19H19ClN2O4S. The van der Waals surface area contributed by atoms with E-state index in [0.717, 1.165) is 11.6 Å². The first-order valence-corrected chi connectivity index (χ1v) is 10.4. The van der Waals surface area contributed by atoms with Gasteiger partial charge in [0, 0.05) is 39.5 Å². The SMILES string of the molecule is COc1cc(NC(C)c2cc3cc(Cl)ccc3[nH]c2=O)ccc1S(C)(=O)=O. The second kappa shape index (κ2) is 7.25. The summed E-state index contributed by atoms with van der Waals surface area (Å²) in [6, 6.07) is 11.4. The zero-order valence-corrected chi connectivity index (χ0v) is 16.6. The van der Waals surface area contributed by atoms with E-state index >= 15 is 0 Å². The number of hydrogen-bond acceptors (Lipinski definition) is 5. The zero-order valence-electron chi connectivity index (χ0n) is 15.0. The molecule has 0 fully saturated rings. The van der Waals surface area contributed by atoms with Crippen LogP contribution in [0.4, 0.5) is 5.69 Å². The fourth-order valence-corrected chi connectivity index (χ4v) is 3.91. The quantitative estimate of drug-likeness (QED) is 0.673. The molecule has 0 aliphatic heterocycles. The molecule has 0 saturated heterocycles. The number of sulfone groups is 1. The molecule has 0 saturated carbocycles. The van der Waals surface area contributed by atoms with Gasteiger partial charge in [-0.1, -0.05) is 11.6 Å². The van der Waals surface area contributed by atoms with Gasteiger partial charge in [-0.3, -0.25) is 4.79 Å². The average Bonchev–Trinajstić information content (AvgIpc) is 2.60. The lowest BCUT2D eigenvalue weighted by atomic mass is 10.1. The number of aromatic amines is 1. The van der Waals surface area contributed by atoms with Crippen LogP contribution < -0.4 is 15.6 Å². The predicted molar refractivity (Wildman–Crippen MR) is 108 cm³/mol. The number of rotatable bonds is 5. The van der Waals surface area contributed by atoms with Crippen molar-refractivity contribution in [3.63, 3.8) is 0 Å². The van der Waals surface area contributed by atoms with Gasteiger partial charge in [0.2, 0.25) is 0 Å². The second-order valence-electron chi connectivity index (χ2n) is 6.29. The fourth-order valence-electron chi connectivity index (χ4n) is 2.91. The van der Waals surface area contributed by atoms with E-state index in [1.807, 2.05) is 6.92 Å². The van der Waals surface area contributed by atoms with E-state index in [1.54, 1.807) is 36.4 Å². The maximum absolute atomic E-state index is 12.4. The van der Waals surface area contributed by atoms with E-state index in [0.29, 0.717) is 21.8 Å². The first kappa shape index (κ1) is 19.3. The van der Waals surface area contributed by atoms with Crippen molar-refractivity contribution in [1.29, 1.82) is 0 Å². The third kappa shape index (κ3) is 4.09. The minimum Gasteiger partial charge on any atom is -0.495 e. The van der Waals surface area contributed by atoms with E-state index < -0.39 is 9.84 Å². The maximum Gasteiger partial charge on any atom is 0.253 e. The summed E-state index contributed by atoms with van der Waals surface area (Å²) in [5.41, 5.74) is 1.68. The maximum atomic E-state index is 12.4. The summed E-state index contributed by atoms with van der Waals surface area (Å²) in [5, 5.41) is 4.62. The van der Waals surface area contributed by atoms with Crippen LogP contribution in [0.1, 0.15) is 18.5 Å². The standard InChI is InChI=1S/C19H19ClN2O4S/c1-11(15-9-12-8-13(20)4-6-16(12)22-19(15)23)21-14-5-7-18(27(3,24)25)17(10-14)26-2/h4-11,21H,1-3H3,(H,22,23). The number of benzene rings is 2. The Bertz CT molecular complexity index is 1170. The highest BCUT2D eigenvalue weighted by Gasteiger charge is 2.16. The van der Waals surface area contributed by atoms with Crippen LogP contribution in [0.5, 0.6) is 5.75 Å². The molecule has 2 N–H and O–H groups in total. The normalized spacial score (nSPS) is 12.7. The molecule has 0 radical (unpaired) electrons. The highest BCUT2D eigenvalue weighted by molar-refractivity contribution is 7.90. The molecule has 1 atom stereocenters. The van der Waals surface area contributed by atoms with Crippen molar-refractivity contribution in [2.24, 2.45) is 0 Å². The van der Waals surface area contributed by atoms with E-state index in [9.17, 15) is 13.2 Å². The molecule has 0 amide bonds. The fraction of sp³-hybridized carbons (Fsp3) is 0.211. The topological polar surface area (TPSA) is 88.3 Å². The summed E-state index contributed by atoms with van der Waals surface area (Å²) in [5.74, 6) is 0.244. The second-order valence-corrected chi connectivity index (χ2v) is 8.71. The highest BCUT2D eigenvalue weighted by atomic mass is 35.5. The molecule has 0 aliphatic carbocycles. The minimum absolute atomic E-state index is 0.112. The van der Waals surface area contributed by atoms with Crippen molar-refractivity contribution in [2.45, 2.75) is 17.9 Å². The van der Waals surface area contributed by atoms with Crippen molar-refractivity contribution in [3.05, 3.63) is 63.4 Å². The Morgan fingerprint density at radius 3 is 2.56 bits per heavy atom. The van der Waals surface area contributed by atoms with E-state index in [1.165, 1.54) is 13.2 Å². The summed E-state index contributed by atoms with van der Waals surface area (Å²) >= 11 is 6.03. The highest BCUT2D eigenvalue weighted by Crippen LogP contribution is 2.29. The molecular weight excluding hydrogens is 388 g/mol.